The highest BCUT2D eigenvalue weighted by molar-refractivity contribution is 6.13. The molecule has 5 aromatic rings. The van der Waals surface area contributed by atoms with Gasteiger partial charge in [0.2, 0.25) is 5.88 Å². The number of para-hydroxylation sites is 3. The van der Waals surface area contributed by atoms with Crippen molar-refractivity contribution < 1.29 is 4.74 Å². The van der Waals surface area contributed by atoms with Gasteiger partial charge >= 0.3 is 0 Å². The number of hydrogen-bond donors (Lipinski definition) is 0. The van der Waals surface area contributed by atoms with Gasteiger partial charge in [-0.2, -0.15) is 0 Å². The normalized spacial score (nSPS) is 11.1. The molecule has 0 amide bonds. The maximum Gasteiger partial charge on any atom is 0.213 e. The van der Waals surface area contributed by atoms with Gasteiger partial charge in [-0.05, 0) is 29.8 Å². The summed E-state index contributed by atoms with van der Waals surface area (Å²) in [7, 11) is 1.65. The van der Waals surface area contributed by atoms with Crippen LogP contribution >= 0.6 is 0 Å². The van der Waals surface area contributed by atoms with Gasteiger partial charge in [0.05, 0.1) is 18.1 Å². The van der Waals surface area contributed by atoms with E-state index in [0.29, 0.717) is 5.88 Å². The van der Waals surface area contributed by atoms with E-state index < -0.39 is 0 Å². The van der Waals surface area contributed by atoms with Gasteiger partial charge in [0.15, 0.2) is 0 Å². The maximum atomic E-state index is 5.34. The van der Waals surface area contributed by atoms with E-state index in [1.807, 2.05) is 18.2 Å². The van der Waals surface area contributed by atoms with Crippen LogP contribution in [0.15, 0.2) is 91.1 Å². The predicted molar refractivity (Wildman–Crippen MR) is 111 cm³/mol. The summed E-state index contributed by atoms with van der Waals surface area (Å²) < 4.78 is 7.68. The second kappa shape index (κ2) is 6.29. The minimum Gasteiger partial charge on any atom is -0.481 e. The molecule has 0 aliphatic rings. The van der Waals surface area contributed by atoms with E-state index in [4.69, 9.17) is 4.74 Å². The van der Waals surface area contributed by atoms with Crippen molar-refractivity contribution in [1.29, 1.82) is 0 Å². The van der Waals surface area contributed by atoms with Crippen molar-refractivity contribution >= 4 is 21.8 Å². The van der Waals surface area contributed by atoms with E-state index >= 15 is 0 Å². The average Bonchev–Trinajstić information content (AvgIpc) is 3.09. The number of nitrogens with zero attached hydrogens (tertiary/aromatic N) is 2. The molecule has 0 aliphatic heterocycles. The second-order valence-electron chi connectivity index (χ2n) is 6.48. The monoisotopic (exact) mass is 350 g/mol. The lowest BCUT2D eigenvalue weighted by atomic mass is 10.0. The van der Waals surface area contributed by atoms with E-state index in [1.165, 1.54) is 21.8 Å². The van der Waals surface area contributed by atoms with E-state index in [1.54, 1.807) is 13.3 Å². The number of benzene rings is 3. The Morgan fingerprint density at radius 1 is 0.778 bits per heavy atom. The summed E-state index contributed by atoms with van der Waals surface area (Å²) in [5, 5.41) is 2.49. The summed E-state index contributed by atoms with van der Waals surface area (Å²) in [6, 6.07) is 29.6. The van der Waals surface area contributed by atoms with E-state index in [0.717, 1.165) is 16.8 Å². The second-order valence-corrected chi connectivity index (χ2v) is 6.48. The minimum atomic E-state index is 0.617. The third-order valence-corrected chi connectivity index (χ3v) is 4.96. The highest BCUT2D eigenvalue weighted by Crippen LogP contribution is 2.38. The summed E-state index contributed by atoms with van der Waals surface area (Å²) >= 11 is 0. The Bertz CT molecular complexity index is 1260. The number of methoxy groups -OCH3 is 1. The average molecular weight is 350 g/mol. The van der Waals surface area contributed by atoms with Crippen LogP contribution in [-0.4, -0.2) is 16.7 Å². The van der Waals surface area contributed by atoms with Crippen LogP contribution < -0.4 is 4.74 Å². The van der Waals surface area contributed by atoms with Crippen LogP contribution in [-0.2, 0) is 0 Å². The van der Waals surface area contributed by atoms with Crippen molar-refractivity contribution in [3.05, 3.63) is 91.1 Å². The van der Waals surface area contributed by atoms with Crippen LogP contribution in [0.4, 0.5) is 0 Å². The number of ether oxygens (including phenoxy) is 1. The molecule has 2 heterocycles. The Kier molecular flexibility index (Phi) is 3.65. The molecule has 27 heavy (non-hydrogen) atoms. The first-order valence-corrected chi connectivity index (χ1v) is 8.95. The van der Waals surface area contributed by atoms with Crippen LogP contribution in [0.5, 0.6) is 5.88 Å². The molecule has 3 heteroatoms. The van der Waals surface area contributed by atoms with Crippen molar-refractivity contribution in [2.75, 3.05) is 7.11 Å². The molecule has 0 N–H and O–H groups in total. The Balaban J connectivity index is 1.94. The van der Waals surface area contributed by atoms with Crippen molar-refractivity contribution in [3.8, 4) is 22.7 Å². The zero-order chi connectivity index (χ0) is 18.2. The molecule has 0 atom stereocenters. The van der Waals surface area contributed by atoms with Gasteiger partial charge in [-0.1, -0.05) is 54.6 Å². The number of rotatable bonds is 3. The molecule has 0 bridgehead atoms. The molecule has 3 aromatic carbocycles. The van der Waals surface area contributed by atoms with E-state index in [2.05, 4.69) is 76.3 Å². The van der Waals surface area contributed by atoms with Crippen molar-refractivity contribution in [2.24, 2.45) is 0 Å². The molecule has 0 saturated heterocycles. The van der Waals surface area contributed by atoms with E-state index in [9.17, 15) is 0 Å². The summed E-state index contributed by atoms with van der Waals surface area (Å²) in [6.45, 7) is 0. The Morgan fingerprint density at radius 3 is 2.41 bits per heavy atom. The molecule has 2 aromatic heterocycles. The summed E-state index contributed by atoms with van der Waals surface area (Å²) in [6.07, 6.45) is 1.79. The van der Waals surface area contributed by atoms with Crippen LogP contribution in [0, 0.1) is 0 Å². The van der Waals surface area contributed by atoms with Crippen molar-refractivity contribution in [1.82, 2.24) is 9.55 Å². The first kappa shape index (κ1) is 15.6. The molecule has 0 saturated carbocycles. The van der Waals surface area contributed by atoms with Crippen LogP contribution in [0.25, 0.3) is 38.6 Å². The largest absolute Gasteiger partial charge is 0.481 e. The van der Waals surface area contributed by atoms with Gasteiger partial charge in [-0.15, -0.1) is 0 Å². The third-order valence-electron chi connectivity index (χ3n) is 4.96. The highest BCUT2D eigenvalue weighted by Gasteiger charge is 2.16. The summed E-state index contributed by atoms with van der Waals surface area (Å²) in [5.74, 6) is 0.617. The first-order chi connectivity index (χ1) is 13.4. The third kappa shape index (κ3) is 2.48. The van der Waals surface area contributed by atoms with Gasteiger partial charge in [-0.25, -0.2) is 4.98 Å². The molecular formula is C24H18N2O. The van der Waals surface area contributed by atoms with Gasteiger partial charge in [0, 0.05) is 34.3 Å². The Hall–Kier alpha value is -3.59. The van der Waals surface area contributed by atoms with E-state index in [-0.39, 0.29) is 0 Å². The quantitative estimate of drug-likeness (QED) is 0.408. The molecule has 0 fully saturated rings. The zero-order valence-electron chi connectivity index (χ0n) is 15.0. The van der Waals surface area contributed by atoms with Gasteiger partial charge in [0.1, 0.15) is 0 Å². The lowest BCUT2D eigenvalue weighted by Crippen LogP contribution is -1.95. The Labute approximate surface area is 157 Å². The fourth-order valence-electron chi connectivity index (χ4n) is 3.79. The fourth-order valence-corrected chi connectivity index (χ4v) is 3.79. The van der Waals surface area contributed by atoms with Crippen molar-refractivity contribution in [3.63, 3.8) is 0 Å². The number of fused-ring (bicyclic) bond motifs is 3. The number of aromatic nitrogens is 2. The van der Waals surface area contributed by atoms with Crippen LogP contribution in [0.2, 0.25) is 0 Å². The summed E-state index contributed by atoms with van der Waals surface area (Å²) in [5.41, 5.74) is 5.79. The van der Waals surface area contributed by atoms with Gasteiger partial charge in [0.25, 0.3) is 0 Å². The van der Waals surface area contributed by atoms with Crippen LogP contribution in [0.3, 0.4) is 0 Å². The lowest BCUT2D eigenvalue weighted by Gasteiger charge is -2.12. The topological polar surface area (TPSA) is 27.1 Å². The molecule has 0 radical (unpaired) electrons. The summed E-state index contributed by atoms with van der Waals surface area (Å²) in [4.78, 5) is 4.26. The predicted octanol–water partition coefficient (Wildman–Crippen LogP) is 5.85. The lowest BCUT2D eigenvalue weighted by molar-refractivity contribution is 0.398. The van der Waals surface area contributed by atoms with Gasteiger partial charge in [-0.3, -0.25) is 0 Å². The highest BCUT2D eigenvalue weighted by atomic mass is 16.5. The number of hydrogen-bond acceptors (Lipinski definition) is 2. The minimum absolute atomic E-state index is 0.617. The molecule has 0 aliphatic carbocycles. The number of pyridine rings is 1. The van der Waals surface area contributed by atoms with Crippen LogP contribution in [0.1, 0.15) is 0 Å². The Morgan fingerprint density at radius 2 is 1.56 bits per heavy atom. The molecule has 5 rings (SSSR count). The first-order valence-electron chi connectivity index (χ1n) is 8.95. The smallest absolute Gasteiger partial charge is 0.213 e. The molecule has 130 valence electrons. The maximum absolute atomic E-state index is 5.34. The SMILES string of the molecule is COc1cc(-c2cccc3c4ccccc4n(-c4ccccc4)c23)ccn1. The zero-order valence-corrected chi connectivity index (χ0v) is 15.0. The fraction of sp³-hybridized carbons (Fsp3) is 0.0417. The molecular weight excluding hydrogens is 332 g/mol. The molecule has 0 unspecified atom stereocenters. The molecule has 3 nitrogen and oxygen atoms in total. The van der Waals surface area contributed by atoms with Gasteiger partial charge < -0.3 is 9.30 Å². The standard InChI is InChI=1S/C24H18N2O/c1-27-23-16-17(14-15-25-23)19-11-7-12-21-20-10-5-6-13-22(20)26(24(19)21)18-8-3-2-4-9-18/h2-16H,1H3. The van der Waals surface area contributed by atoms with Crippen molar-refractivity contribution in [2.45, 2.75) is 0 Å². The molecule has 0 spiro atoms.